The summed E-state index contributed by atoms with van der Waals surface area (Å²) in [5.41, 5.74) is 1.98. The van der Waals surface area contributed by atoms with Crippen LogP contribution in [0.25, 0.3) is 0 Å². The van der Waals surface area contributed by atoms with Gasteiger partial charge in [0.2, 0.25) is 5.79 Å². The molecular weight excluding hydrogens is 373 g/mol. The lowest BCUT2D eigenvalue weighted by Gasteiger charge is -2.35. The topological polar surface area (TPSA) is 93.2 Å². The van der Waals surface area contributed by atoms with Crippen LogP contribution in [0, 0.1) is 6.92 Å². The van der Waals surface area contributed by atoms with E-state index in [1.54, 1.807) is 20.0 Å². The Morgan fingerprint density at radius 2 is 1.96 bits per heavy atom. The molecule has 9 heteroatoms. The summed E-state index contributed by atoms with van der Waals surface area (Å²) >= 11 is 0. The molecule has 0 bridgehead atoms. The van der Waals surface area contributed by atoms with Crippen molar-refractivity contribution in [3.05, 3.63) is 23.0 Å². The average molecular weight is 401 g/mol. The Balaban J connectivity index is 2.46. The Hall–Kier alpha value is -1.47. The van der Waals surface area contributed by atoms with E-state index in [9.17, 15) is 9.36 Å². The predicted octanol–water partition coefficient (Wildman–Crippen LogP) is 3.91. The Labute approximate surface area is 160 Å². The molecule has 0 saturated carbocycles. The lowest BCUT2D eigenvalue weighted by atomic mass is 10.0. The van der Waals surface area contributed by atoms with Crippen LogP contribution in [-0.2, 0) is 34.5 Å². The summed E-state index contributed by atoms with van der Waals surface area (Å²) in [6, 6.07) is 0. The lowest BCUT2D eigenvalue weighted by Crippen LogP contribution is -2.36. The largest absolute Gasteiger partial charge is 0.461 e. The van der Waals surface area contributed by atoms with Crippen LogP contribution < -0.4 is 4.74 Å². The molecule has 152 valence electrons. The predicted molar refractivity (Wildman–Crippen MR) is 98.7 cm³/mol. The highest BCUT2D eigenvalue weighted by Crippen LogP contribution is 2.52. The number of esters is 1. The minimum absolute atomic E-state index is 0.116. The van der Waals surface area contributed by atoms with Crippen molar-refractivity contribution >= 4 is 13.6 Å². The van der Waals surface area contributed by atoms with Crippen molar-refractivity contribution in [3.63, 3.8) is 0 Å². The quantitative estimate of drug-likeness (QED) is 0.478. The molecule has 1 atom stereocenters. The third-order valence-corrected chi connectivity index (χ3v) is 6.04. The maximum atomic E-state index is 13.0. The maximum Gasteiger partial charge on any atom is 0.334 e. The normalized spacial score (nSPS) is 17.0. The van der Waals surface area contributed by atoms with Crippen LogP contribution in [0.4, 0.5) is 0 Å². The smallest absolute Gasteiger partial charge is 0.334 e. The minimum Gasteiger partial charge on any atom is -0.461 e. The van der Waals surface area contributed by atoms with E-state index < -0.39 is 25.5 Å². The van der Waals surface area contributed by atoms with Gasteiger partial charge in [-0.2, -0.15) is 0 Å². The molecule has 0 radical (unpaired) electrons. The van der Waals surface area contributed by atoms with Gasteiger partial charge >= 0.3 is 13.6 Å². The fraction of sp³-hybridized carbons (Fsp3) is 0.667. The maximum absolute atomic E-state index is 13.0. The van der Waals surface area contributed by atoms with Gasteiger partial charge in [0.1, 0.15) is 11.9 Å². The number of pyridine rings is 1. The first kappa shape index (κ1) is 21.8. The molecule has 0 aromatic carbocycles. The van der Waals surface area contributed by atoms with Gasteiger partial charge in [0.25, 0.3) is 0 Å². The molecule has 8 nitrogen and oxygen atoms in total. The van der Waals surface area contributed by atoms with Gasteiger partial charge in [0, 0.05) is 38.1 Å². The van der Waals surface area contributed by atoms with Crippen molar-refractivity contribution in [1.82, 2.24) is 4.98 Å². The van der Waals surface area contributed by atoms with Crippen LogP contribution in [-0.4, -0.2) is 36.1 Å². The molecule has 0 fully saturated rings. The van der Waals surface area contributed by atoms with Crippen LogP contribution >= 0.6 is 7.60 Å². The fourth-order valence-electron chi connectivity index (χ4n) is 2.87. The summed E-state index contributed by atoms with van der Waals surface area (Å²) in [4.78, 5) is 16.1. The van der Waals surface area contributed by atoms with Gasteiger partial charge in [0.15, 0.2) is 0 Å². The number of carbonyl (C=O) groups excluding carboxylic acids is 1. The number of hydrogen-bond donors (Lipinski definition) is 0. The number of carbonyl (C=O) groups is 1. The SMILES string of the molecule is CCOP(=O)(CC(OC(C)=O)c1cnc(C)c2c1COC(C)(C)O2)OCC. The molecule has 0 saturated heterocycles. The van der Waals surface area contributed by atoms with E-state index in [4.69, 9.17) is 23.3 Å². The minimum atomic E-state index is -3.46. The number of aromatic nitrogens is 1. The van der Waals surface area contributed by atoms with Crippen molar-refractivity contribution in [2.75, 3.05) is 19.4 Å². The molecule has 2 rings (SSSR count). The average Bonchev–Trinajstić information content (AvgIpc) is 2.54. The Morgan fingerprint density at radius 3 is 2.52 bits per heavy atom. The number of hydrogen-bond acceptors (Lipinski definition) is 8. The third-order valence-electron chi connectivity index (χ3n) is 3.96. The van der Waals surface area contributed by atoms with E-state index in [1.165, 1.54) is 6.92 Å². The molecular formula is C18H28NO7P. The molecule has 1 aromatic rings. The zero-order chi connectivity index (χ0) is 20.2. The van der Waals surface area contributed by atoms with Gasteiger partial charge in [-0.25, -0.2) is 0 Å². The van der Waals surface area contributed by atoms with E-state index in [1.807, 2.05) is 20.8 Å². The van der Waals surface area contributed by atoms with Gasteiger partial charge in [-0.3, -0.25) is 14.3 Å². The van der Waals surface area contributed by atoms with Crippen molar-refractivity contribution in [1.29, 1.82) is 0 Å². The highest BCUT2D eigenvalue weighted by molar-refractivity contribution is 7.53. The van der Waals surface area contributed by atoms with E-state index in [0.29, 0.717) is 22.6 Å². The lowest BCUT2D eigenvalue weighted by molar-refractivity contribution is -0.181. The van der Waals surface area contributed by atoms with Crippen LogP contribution in [0.15, 0.2) is 6.20 Å². The summed E-state index contributed by atoms with van der Waals surface area (Å²) in [5, 5.41) is 0. The first-order valence-corrected chi connectivity index (χ1v) is 10.7. The summed E-state index contributed by atoms with van der Waals surface area (Å²) < 4.78 is 40.8. The summed E-state index contributed by atoms with van der Waals surface area (Å²) in [7, 11) is -3.46. The van der Waals surface area contributed by atoms with E-state index in [2.05, 4.69) is 4.98 Å². The van der Waals surface area contributed by atoms with Gasteiger partial charge < -0.3 is 23.3 Å². The highest BCUT2D eigenvalue weighted by Gasteiger charge is 2.37. The summed E-state index contributed by atoms with van der Waals surface area (Å²) in [5.74, 6) is -0.712. The number of rotatable bonds is 8. The number of aryl methyl sites for hydroxylation is 1. The van der Waals surface area contributed by atoms with Gasteiger partial charge in [-0.15, -0.1) is 0 Å². The van der Waals surface area contributed by atoms with Gasteiger partial charge in [-0.05, 0) is 20.8 Å². The Kier molecular flexibility index (Phi) is 7.03. The van der Waals surface area contributed by atoms with Gasteiger partial charge in [-0.1, -0.05) is 0 Å². The van der Waals surface area contributed by atoms with E-state index in [0.717, 1.165) is 0 Å². The first-order valence-electron chi connectivity index (χ1n) is 8.97. The third kappa shape index (κ3) is 5.51. The zero-order valence-corrected chi connectivity index (χ0v) is 17.6. The summed E-state index contributed by atoms with van der Waals surface area (Å²) in [6.45, 7) is 10.9. The summed E-state index contributed by atoms with van der Waals surface area (Å²) in [6.07, 6.45) is 0.617. The van der Waals surface area contributed by atoms with Crippen LogP contribution in [0.5, 0.6) is 5.75 Å². The number of ether oxygens (including phenoxy) is 3. The fourth-order valence-corrected chi connectivity index (χ4v) is 4.62. The molecule has 0 amide bonds. The first-order chi connectivity index (χ1) is 12.6. The second-order valence-electron chi connectivity index (χ2n) is 6.62. The van der Waals surface area contributed by atoms with Gasteiger partial charge in [0.05, 0.1) is 31.7 Å². The van der Waals surface area contributed by atoms with Crippen LogP contribution in [0.1, 0.15) is 57.5 Å². The Morgan fingerprint density at radius 1 is 1.33 bits per heavy atom. The molecule has 1 aromatic heterocycles. The molecule has 2 heterocycles. The van der Waals surface area contributed by atoms with Crippen molar-refractivity contribution in [2.45, 2.75) is 60.0 Å². The van der Waals surface area contributed by atoms with Crippen LogP contribution in [0.3, 0.4) is 0 Å². The monoisotopic (exact) mass is 401 g/mol. The molecule has 1 aliphatic heterocycles. The zero-order valence-electron chi connectivity index (χ0n) is 16.7. The molecule has 1 unspecified atom stereocenters. The van der Waals surface area contributed by atoms with Crippen molar-refractivity contribution in [3.8, 4) is 5.75 Å². The van der Waals surface area contributed by atoms with Crippen molar-refractivity contribution in [2.24, 2.45) is 0 Å². The molecule has 1 aliphatic rings. The number of fused-ring (bicyclic) bond motifs is 1. The Bertz CT molecular complexity index is 725. The van der Waals surface area contributed by atoms with Crippen LogP contribution in [0.2, 0.25) is 0 Å². The molecule has 27 heavy (non-hydrogen) atoms. The highest BCUT2D eigenvalue weighted by atomic mass is 31.2. The standard InChI is InChI=1S/C18H28NO7P/c1-7-23-27(21,24-8-2)11-16(25-13(4)20)14-9-19-12(3)17-15(14)10-22-18(5,6)26-17/h9,16H,7-8,10-11H2,1-6H3. The second-order valence-corrected chi connectivity index (χ2v) is 8.73. The molecule has 0 spiro atoms. The molecule has 0 N–H and O–H groups in total. The van der Waals surface area contributed by atoms with Crippen molar-refractivity contribution < 1.29 is 32.6 Å². The van der Waals surface area contributed by atoms with E-state index >= 15 is 0 Å². The van der Waals surface area contributed by atoms with E-state index in [-0.39, 0.29) is 26.0 Å². The molecule has 0 aliphatic carbocycles. The second kappa shape index (κ2) is 8.69. The number of nitrogens with zero attached hydrogens (tertiary/aromatic N) is 1.